The molecule has 4 heteroatoms. The van der Waals surface area contributed by atoms with Crippen molar-refractivity contribution < 1.29 is 8.53 Å². The Morgan fingerprint density at radius 1 is 0.649 bits per heavy atom. The summed E-state index contributed by atoms with van der Waals surface area (Å²) in [6, 6.07) is 40.8. The molecular weight excluding hydrogens is 451 g/mol. The molecule has 0 unspecified atom stereocenters. The molecule has 1 aromatic heterocycles. The predicted octanol–water partition coefficient (Wildman–Crippen LogP) is 6.82. The molecule has 2 aliphatic rings. The molecule has 174 valence electrons. The molecule has 0 bridgehead atoms. The Morgan fingerprint density at radius 2 is 1.30 bits per heavy atom. The number of anilines is 6. The van der Waals surface area contributed by atoms with Gasteiger partial charge in [0.15, 0.2) is 0 Å². The lowest BCUT2D eigenvalue weighted by Crippen LogP contribution is -2.60. The molecule has 3 heterocycles. The van der Waals surface area contributed by atoms with E-state index in [1.807, 2.05) is 24.3 Å². The first-order chi connectivity index (χ1) is 19.5. The minimum Gasteiger partial charge on any atom is -0.468 e. The maximum atomic E-state index is 8.07. The number of rotatable bonds is 2. The van der Waals surface area contributed by atoms with Crippen LogP contribution in [0.2, 0.25) is 0 Å². The van der Waals surface area contributed by atoms with Gasteiger partial charge >= 0.3 is 0 Å². The summed E-state index contributed by atoms with van der Waals surface area (Å²) in [6.07, 6.45) is 0. The van der Waals surface area contributed by atoms with Crippen LogP contribution in [0.25, 0.3) is 11.0 Å². The van der Waals surface area contributed by atoms with Crippen LogP contribution in [0.1, 0.15) is 9.68 Å². The first kappa shape index (κ1) is 17.7. The van der Waals surface area contributed by atoms with Crippen LogP contribution in [0.5, 0.6) is 0 Å². The molecule has 0 fully saturated rings. The van der Waals surface area contributed by atoms with Crippen LogP contribution >= 0.6 is 0 Å². The number of hydrogen-bond donors (Lipinski definition) is 0. The van der Waals surface area contributed by atoms with E-state index >= 15 is 0 Å². The largest absolute Gasteiger partial charge is 0.468 e. The quantitative estimate of drug-likeness (QED) is 0.255. The summed E-state index contributed by atoms with van der Waals surface area (Å²) >= 11 is 0. The molecule has 2 aliphatic heterocycles. The number of benzene rings is 5. The third kappa shape index (κ3) is 2.84. The lowest BCUT2D eigenvalue weighted by molar-refractivity contribution is 0.651. The smallest absolute Gasteiger partial charge is 0.297 e. The number of para-hydroxylation sites is 3. The van der Waals surface area contributed by atoms with Gasteiger partial charge in [0.25, 0.3) is 6.71 Å². The van der Waals surface area contributed by atoms with E-state index < -0.39 is 6.85 Å². The Labute approximate surface area is 220 Å². The molecule has 5 aromatic carbocycles. The van der Waals surface area contributed by atoms with Gasteiger partial charge in [-0.05, 0) is 72.4 Å². The molecule has 0 saturated carbocycles. The first-order valence-electron chi connectivity index (χ1n) is 14.0. The van der Waals surface area contributed by atoms with Crippen molar-refractivity contribution in [1.29, 1.82) is 0 Å². The molecule has 0 saturated heterocycles. The molecule has 0 aliphatic carbocycles. The van der Waals surface area contributed by atoms with E-state index in [0.717, 1.165) is 56.1 Å². The minimum absolute atomic E-state index is 0.152. The molecular formula is C33H23BN2O. The Morgan fingerprint density at radius 3 is 2.05 bits per heavy atom. The monoisotopic (exact) mass is 477 g/mol. The van der Waals surface area contributed by atoms with E-state index in [1.165, 1.54) is 0 Å². The summed E-state index contributed by atoms with van der Waals surface area (Å²) in [5.41, 5.74) is 10.3. The van der Waals surface area contributed by atoms with Crippen LogP contribution in [0.15, 0.2) is 126 Å². The summed E-state index contributed by atoms with van der Waals surface area (Å²) in [6.45, 7) is -2.37. The maximum Gasteiger partial charge on any atom is 0.297 e. The molecule has 0 radical (unpaired) electrons. The molecule has 0 spiro atoms. The summed E-state index contributed by atoms with van der Waals surface area (Å²) in [5.74, 6) is 0. The van der Waals surface area contributed by atoms with E-state index in [0.29, 0.717) is 11.1 Å². The van der Waals surface area contributed by atoms with Gasteiger partial charge in [0.05, 0.1) is 11.3 Å². The van der Waals surface area contributed by atoms with Crippen molar-refractivity contribution in [3.63, 3.8) is 0 Å². The summed E-state index contributed by atoms with van der Waals surface area (Å²) < 4.78 is 30.9. The fraction of sp³-hybridized carbons (Fsp3) is 0.0303. The van der Waals surface area contributed by atoms with E-state index in [9.17, 15) is 0 Å². The standard InChI is InChI=1S/C33H23BN2O/c1-22-19-20-30-25(21-22)32-33(37-30)34-26-15-8-9-16-27(26)35(23-11-4-2-5-12-23)28-17-10-18-29(31(28)34)36(32)24-13-6-3-7-14-24/h2-21H,1H3/i1D3. The third-order valence-corrected chi connectivity index (χ3v) is 7.52. The minimum atomic E-state index is -2.22. The summed E-state index contributed by atoms with van der Waals surface area (Å²) in [4.78, 5) is 4.56. The highest BCUT2D eigenvalue weighted by Crippen LogP contribution is 2.46. The Balaban J connectivity index is 1.49. The zero-order valence-electron chi connectivity index (χ0n) is 22.9. The zero-order valence-corrected chi connectivity index (χ0v) is 19.9. The van der Waals surface area contributed by atoms with Gasteiger partial charge in [-0.1, -0.05) is 72.3 Å². The van der Waals surface area contributed by atoms with Gasteiger partial charge in [-0.25, -0.2) is 0 Å². The highest BCUT2D eigenvalue weighted by molar-refractivity contribution is 6.99. The van der Waals surface area contributed by atoms with Gasteiger partial charge in [-0.15, -0.1) is 0 Å². The van der Waals surface area contributed by atoms with Gasteiger partial charge in [-0.3, -0.25) is 0 Å². The second-order valence-corrected chi connectivity index (χ2v) is 9.57. The molecule has 8 rings (SSSR count). The Hall–Kier alpha value is -4.70. The van der Waals surface area contributed by atoms with Crippen molar-refractivity contribution in [2.24, 2.45) is 0 Å². The second kappa shape index (κ2) is 7.65. The van der Waals surface area contributed by atoms with Gasteiger partial charge in [0.2, 0.25) is 0 Å². The van der Waals surface area contributed by atoms with Crippen molar-refractivity contribution in [2.75, 3.05) is 9.80 Å². The number of aryl methyl sites for hydroxylation is 1. The van der Waals surface area contributed by atoms with Gasteiger partial charge in [0.1, 0.15) is 5.58 Å². The van der Waals surface area contributed by atoms with E-state index in [-0.39, 0.29) is 6.71 Å². The predicted molar refractivity (Wildman–Crippen MR) is 155 cm³/mol. The van der Waals surface area contributed by atoms with Gasteiger partial charge in [0, 0.05) is 37.9 Å². The van der Waals surface area contributed by atoms with Crippen LogP contribution in [-0.4, -0.2) is 6.71 Å². The zero-order chi connectivity index (χ0) is 27.0. The van der Waals surface area contributed by atoms with Crippen molar-refractivity contribution in [2.45, 2.75) is 6.85 Å². The van der Waals surface area contributed by atoms with E-state index in [4.69, 9.17) is 8.53 Å². The van der Waals surface area contributed by atoms with E-state index in [2.05, 4.69) is 88.7 Å². The van der Waals surface area contributed by atoms with Gasteiger partial charge in [-0.2, -0.15) is 0 Å². The van der Waals surface area contributed by atoms with Crippen LogP contribution in [0.4, 0.5) is 34.1 Å². The molecule has 3 nitrogen and oxygen atoms in total. The Bertz CT molecular complexity index is 1920. The third-order valence-electron chi connectivity index (χ3n) is 7.52. The van der Waals surface area contributed by atoms with Crippen molar-refractivity contribution in [1.82, 2.24) is 0 Å². The topological polar surface area (TPSA) is 19.6 Å². The SMILES string of the molecule is [2H]C([2H])([2H])c1ccc2oc3c(c2c1)N(c1ccccc1)c1cccc2c1B3c1ccccc1N2c1ccccc1. The molecule has 0 atom stereocenters. The normalized spacial score (nSPS) is 14.9. The molecule has 37 heavy (non-hydrogen) atoms. The Kier molecular flexibility index (Phi) is 3.66. The fourth-order valence-corrected chi connectivity index (χ4v) is 6.07. The van der Waals surface area contributed by atoms with Crippen LogP contribution < -0.4 is 26.4 Å². The van der Waals surface area contributed by atoms with Gasteiger partial charge < -0.3 is 14.2 Å². The molecule has 6 aromatic rings. The van der Waals surface area contributed by atoms with Crippen molar-refractivity contribution in [3.8, 4) is 0 Å². The number of fused-ring (bicyclic) bond motifs is 6. The summed E-state index contributed by atoms with van der Waals surface area (Å²) in [5, 5.41) is 0.798. The molecule has 0 amide bonds. The molecule has 0 N–H and O–H groups in total. The van der Waals surface area contributed by atoms with Crippen LogP contribution in [-0.2, 0) is 0 Å². The summed E-state index contributed by atoms with van der Waals surface area (Å²) in [7, 11) is 0. The van der Waals surface area contributed by atoms with Crippen LogP contribution in [0, 0.1) is 6.85 Å². The average molecular weight is 477 g/mol. The first-order valence-corrected chi connectivity index (χ1v) is 12.5. The fourth-order valence-electron chi connectivity index (χ4n) is 6.07. The van der Waals surface area contributed by atoms with Crippen LogP contribution in [0.3, 0.4) is 0 Å². The van der Waals surface area contributed by atoms with Crippen molar-refractivity contribution >= 4 is 68.4 Å². The van der Waals surface area contributed by atoms with E-state index in [1.54, 1.807) is 18.2 Å². The number of furan rings is 1. The lowest BCUT2D eigenvalue weighted by Gasteiger charge is -2.42. The lowest BCUT2D eigenvalue weighted by atomic mass is 9.35. The number of nitrogens with zero attached hydrogens (tertiary/aromatic N) is 2. The highest BCUT2D eigenvalue weighted by atomic mass is 16.3. The second-order valence-electron chi connectivity index (χ2n) is 9.57. The maximum absolute atomic E-state index is 8.07. The van der Waals surface area contributed by atoms with Crippen molar-refractivity contribution in [3.05, 3.63) is 127 Å². The highest BCUT2D eigenvalue weighted by Gasteiger charge is 2.46. The number of hydrogen-bond acceptors (Lipinski definition) is 3. The average Bonchev–Trinajstić information content (AvgIpc) is 3.36.